The molecule has 29 heavy (non-hydrogen) atoms. The first-order valence-electron chi connectivity index (χ1n) is 9.42. The third kappa shape index (κ3) is 2.57. The molecule has 2 aromatic heterocycles. The fourth-order valence-electron chi connectivity index (χ4n) is 4.31. The number of hydrogen-bond acceptors (Lipinski definition) is 4. The molecule has 0 saturated heterocycles. The van der Waals surface area contributed by atoms with E-state index >= 15 is 0 Å². The molecule has 7 nitrogen and oxygen atoms in total. The quantitative estimate of drug-likeness (QED) is 0.697. The second-order valence-electron chi connectivity index (χ2n) is 7.35. The van der Waals surface area contributed by atoms with E-state index in [9.17, 15) is 9.59 Å². The van der Waals surface area contributed by atoms with E-state index in [4.69, 9.17) is 11.6 Å². The van der Waals surface area contributed by atoms with Gasteiger partial charge in [-0.3, -0.25) is 19.7 Å². The predicted octanol–water partition coefficient (Wildman–Crippen LogP) is 3.20. The molecule has 1 spiro atoms. The Bertz CT molecular complexity index is 1140. The van der Waals surface area contributed by atoms with E-state index in [0.29, 0.717) is 22.9 Å². The molecule has 5 rings (SSSR count). The largest absolute Gasteiger partial charge is 0.311 e. The SMILES string of the molecule is CCc1ccc2c(c1)C1(CC(=O)Nc3[nH]ncc31)C(=O)N2Cc1ccc(Cl)cn1. The van der Waals surface area contributed by atoms with Gasteiger partial charge in [-0.15, -0.1) is 0 Å². The number of amides is 2. The number of aromatic amines is 1. The number of carbonyl (C=O) groups excluding carboxylic acids is 2. The topological polar surface area (TPSA) is 91.0 Å². The molecule has 4 heterocycles. The van der Waals surface area contributed by atoms with Crippen LogP contribution in [0.3, 0.4) is 0 Å². The van der Waals surface area contributed by atoms with E-state index in [1.165, 1.54) is 0 Å². The Morgan fingerprint density at radius 1 is 1.17 bits per heavy atom. The molecule has 2 aliphatic rings. The molecule has 2 amide bonds. The number of hydrogen-bond donors (Lipinski definition) is 2. The summed E-state index contributed by atoms with van der Waals surface area (Å²) in [5.41, 5.74) is 3.08. The predicted molar refractivity (Wildman–Crippen MR) is 109 cm³/mol. The average Bonchev–Trinajstić information content (AvgIpc) is 3.27. The van der Waals surface area contributed by atoms with Crippen molar-refractivity contribution in [2.45, 2.75) is 31.7 Å². The van der Waals surface area contributed by atoms with Gasteiger partial charge < -0.3 is 10.2 Å². The van der Waals surface area contributed by atoms with E-state index in [2.05, 4.69) is 27.4 Å². The summed E-state index contributed by atoms with van der Waals surface area (Å²) in [4.78, 5) is 32.5. The lowest BCUT2D eigenvalue weighted by Gasteiger charge is -2.32. The molecule has 1 aromatic carbocycles. The number of nitrogens with zero attached hydrogens (tertiary/aromatic N) is 3. The summed E-state index contributed by atoms with van der Waals surface area (Å²) in [6.45, 7) is 2.36. The monoisotopic (exact) mass is 407 g/mol. The molecule has 2 N–H and O–H groups in total. The summed E-state index contributed by atoms with van der Waals surface area (Å²) >= 11 is 5.95. The van der Waals surface area contributed by atoms with Crippen molar-refractivity contribution in [1.29, 1.82) is 0 Å². The second kappa shape index (κ2) is 6.42. The van der Waals surface area contributed by atoms with Gasteiger partial charge in [-0.05, 0) is 35.7 Å². The maximum atomic E-state index is 13.9. The smallest absolute Gasteiger partial charge is 0.243 e. The Kier molecular flexibility index (Phi) is 3.96. The highest BCUT2D eigenvalue weighted by atomic mass is 35.5. The standard InChI is InChI=1S/C21H18ClN5O2/c1-2-12-3-6-17-15(7-12)21(8-18(28)25-19-16(21)10-24-26-19)20(29)27(17)11-14-5-4-13(22)9-23-14/h3-7,9-10H,2,8,11H2,1H3,(H2,24,25,26,28). The molecule has 0 bridgehead atoms. The van der Waals surface area contributed by atoms with Crippen LogP contribution in [0.2, 0.25) is 5.02 Å². The van der Waals surface area contributed by atoms with Gasteiger partial charge >= 0.3 is 0 Å². The number of benzene rings is 1. The number of carbonyl (C=O) groups is 2. The fraction of sp³-hybridized carbons (Fsp3) is 0.238. The van der Waals surface area contributed by atoms with Gasteiger partial charge in [0.1, 0.15) is 11.2 Å². The molecule has 1 unspecified atom stereocenters. The Hall–Kier alpha value is -3.19. The van der Waals surface area contributed by atoms with Crippen molar-refractivity contribution in [3.63, 3.8) is 0 Å². The van der Waals surface area contributed by atoms with Crippen molar-refractivity contribution >= 4 is 34.9 Å². The maximum absolute atomic E-state index is 13.9. The number of H-pyrrole nitrogens is 1. The molecule has 8 heteroatoms. The van der Waals surface area contributed by atoms with E-state index in [-0.39, 0.29) is 18.2 Å². The van der Waals surface area contributed by atoms with Crippen molar-refractivity contribution in [3.05, 3.63) is 70.1 Å². The highest BCUT2D eigenvalue weighted by Gasteiger charge is 2.56. The zero-order valence-electron chi connectivity index (χ0n) is 15.7. The highest BCUT2D eigenvalue weighted by molar-refractivity contribution is 6.30. The number of halogens is 1. The van der Waals surface area contributed by atoms with Gasteiger partial charge in [0.2, 0.25) is 11.8 Å². The molecule has 0 aliphatic carbocycles. The summed E-state index contributed by atoms with van der Waals surface area (Å²) < 4.78 is 0. The first-order chi connectivity index (χ1) is 14.0. The first kappa shape index (κ1) is 17.9. The Morgan fingerprint density at radius 3 is 2.79 bits per heavy atom. The molecular formula is C21H18ClN5O2. The van der Waals surface area contributed by atoms with Gasteiger partial charge in [0.15, 0.2) is 0 Å². The van der Waals surface area contributed by atoms with Crippen LogP contribution < -0.4 is 10.2 Å². The van der Waals surface area contributed by atoms with Crippen molar-refractivity contribution in [1.82, 2.24) is 15.2 Å². The van der Waals surface area contributed by atoms with Crippen LogP contribution in [0.25, 0.3) is 0 Å². The van der Waals surface area contributed by atoms with Gasteiger partial charge in [0, 0.05) is 23.9 Å². The third-order valence-electron chi connectivity index (χ3n) is 5.73. The number of aryl methyl sites for hydroxylation is 1. The third-order valence-corrected chi connectivity index (χ3v) is 5.95. The van der Waals surface area contributed by atoms with Gasteiger partial charge in [-0.2, -0.15) is 5.10 Å². The van der Waals surface area contributed by atoms with Crippen LogP contribution in [-0.4, -0.2) is 27.0 Å². The normalized spacial score (nSPS) is 20.0. The number of aromatic nitrogens is 3. The Morgan fingerprint density at radius 2 is 2.03 bits per heavy atom. The number of rotatable bonds is 3. The molecular weight excluding hydrogens is 390 g/mol. The lowest BCUT2D eigenvalue weighted by Crippen LogP contribution is -2.46. The van der Waals surface area contributed by atoms with Crippen LogP contribution >= 0.6 is 11.6 Å². The molecule has 0 fully saturated rings. The van der Waals surface area contributed by atoms with Gasteiger partial charge in [0.25, 0.3) is 0 Å². The van der Waals surface area contributed by atoms with Crippen LogP contribution in [0.1, 0.15) is 35.7 Å². The van der Waals surface area contributed by atoms with E-state index in [0.717, 1.165) is 28.9 Å². The minimum Gasteiger partial charge on any atom is -0.311 e. The summed E-state index contributed by atoms with van der Waals surface area (Å²) in [5, 5.41) is 10.2. The molecule has 2 aliphatic heterocycles. The molecule has 0 radical (unpaired) electrons. The van der Waals surface area contributed by atoms with Crippen molar-refractivity contribution in [3.8, 4) is 0 Å². The Labute approximate surface area is 172 Å². The lowest BCUT2D eigenvalue weighted by molar-refractivity contribution is -0.126. The van der Waals surface area contributed by atoms with E-state index in [1.54, 1.807) is 29.4 Å². The van der Waals surface area contributed by atoms with Gasteiger partial charge in [-0.25, -0.2) is 0 Å². The van der Waals surface area contributed by atoms with Gasteiger partial charge in [0.05, 0.1) is 23.5 Å². The van der Waals surface area contributed by atoms with Gasteiger partial charge in [-0.1, -0.05) is 30.7 Å². The minimum absolute atomic E-state index is 0.0447. The van der Waals surface area contributed by atoms with Crippen LogP contribution in [0.5, 0.6) is 0 Å². The van der Waals surface area contributed by atoms with Crippen LogP contribution in [0.15, 0.2) is 42.7 Å². The molecule has 3 aromatic rings. The maximum Gasteiger partial charge on any atom is 0.243 e. The first-order valence-corrected chi connectivity index (χ1v) is 9.80. The molecule has 0 saturated carbocycles. The highest BCUT2D eigenvalue weighted by Crippen LogP contribution is 2.52. The Balaban J connectivity index is 1.69. The summed E-state index contributed by atoms with van der Waals surface area (Å²) in [7, 11) is 0. The zero-order valence-corrected chi connectivity index (χ0v) is 16.5. The molecule has 1 atom stereocenters. The average molecular weight is 408 g/mol. The zero-order chi connectivity index (χ0) is 20.2. The summed E-state index contributed by atoms with van der Waals surface area (Å²) in [6.07, 6.45) is 4.08. The minimum atomic E-state index is -1.09. The van der Waals surface area contributed by atoms with Crippen molar-refractivity contribution < 1.29 is 9.59 Å². The summed E-state index contributed by atoms with van der Waals surface area (Å²) in [5.74, 6) is 0.123. The second-order valence-corrected chi connectivity index (χ2v) is 7.79. The van der Waals surface area contributed by atoms with Crippen molar-refractivity contribution in [2.24, 2.45) is 0 Å². The molecule has 146 valence electrons. The lowest BCUT2D eigenvalue weighted by atomic mass is 9.71. The number of nitrogens with one attached hydrogen (secondary N) is 2. The number of fused-ring (bicyclic) bond motifs is 4. The number of pyridine rings is 1. The van der Waals surface area contributed by atoms with Crippen molar-refractivity contribution in [2.75, 3.05) is 10.2 Å². The van der Waals surface area contributed by atoms with Crippen LogP contribution in [0, 0.1) is 0 Å². The fourth-order valence-corrected chi connectivity index (χ4v) is 4.42. The van der Waals surface area contributed by atoms with E-state index in [1.807, 2.05) is 18.2 Å². The van der Waals surface area contributed by atoms with Crippen LogP contribution in [0.4, 0.5) is 11.5 Å². The van der Waals surface area contributed by atoms with Crippen LogP contribution in [-0.2, 0) is 28.0 Å². The summed E-state index contributed by atoms with van der Waals surface area (Å²) in [6, 6.07) is 9.58. The number of anilines is 2. The van der Waals surface area contributed by atoms with E-state index < -0.39 is 5.41 Å².